The maximum Gasteiger partial charge on any atom is 0.308 e. The van der Waals surface area contributed by atoms with Gasteiger partial charge in [-0.25, -0.2) is 0 Å². The Labute approximate surface area is 95.8 Å². The Morgan fingerprint density at radius 3 is 2.31 bits per heavy atom. The predicted molar refractivity (Wildman–Crippen MR) is 63.9 cm³/mol. The fourth-order valence-electron chi connectivity index (χ4n) is 1.80. The molecule has 0 atom stereocenters. The Balaban J connectivity index is 2.22. The second kappa shape index (κ2) is 4.16. The minimum atomic E-state index is -0.269. The number of esters is 1. The molecule has 16 heavy (non-hydrogen) atoms. The van der Waals surface area contributed by atoms with E-state index in [2.05, 4.69) is 5.32 Å². The topological polar surface area (TPSA) is 38.3 Å². The fourth-order valence-corrected chi connectivity index (χ4v) is 1.80. The third kappa shape index (κ3) is 2.54. The van der Waals surface area contributed by atoms with E-state index in [-0.39, 0.29) is 5.97 Å². The summed E-state index contributed by atoms with van der Waals surface area (Å²) in [6.45, 7) is 5.35. The van der Waals surface area contributed by atoms with E-state index in [1.54, 1.807) is 0 Å². The molecule has 0 aromatic heterocycles. The largest absolute Gasteiger partial charge is 0.426 e. The molecule has 1 N–H and O–H groups in total. The Kier molecular flexibility index (Phi) is 2.86. The number of hydrogen-bond donors (Lipinski definition) is 1. The summed E-state index contributed by atoms with van der Waals surface area (Å²) in [7, 11) is 0. The van der Waals surface area contributed by atoms with E-state index in [9.17, 15) is 4.79 Å². The van der Waals surface area contributed by atoms with E-state index < -0.39 is 0 Å². The van der Waals surface area contributed by atoms with Crippen molar-refractivity contribution in [2.75, 3.05) is 5.32 Å². The van der Waals surface area contributed by atoms with Gasteiger partial charge < -0.3 is 10.1 Å². The van der Waals surface area contributed by atoms with Crippen LogP contribution in [0, 0.1) is 13.8 Å². The van der Waals surface area contributed by atoms with E-state index in [1.807, 2.05) is 26.0 Å². The monoisotopic (exact) mass is 219 g/mol. The molecule has 1 fully saturated rings. The van der Waals surface area contributed by atoms with Crippen LogP contribution in [0.2, 0.25) is 0 Å². The molecule has 0 bridgehead atoms. The molecule has 0 unspecified atom stereocenters. The number of benzene rings is 1. The molecule has 2 rings (SSSR count). The maximum atomic E-state index is 11.0. The first-order chi connectivity index (χ1) is 7.56. The fraction of sp³-hybridized carbons (Fsp3) is 0.462. The molecule has 0 heterocycles. The molecule has 1 aromatic carbocycles. The normalized spacial score (nSPS) is 14.7. The van der Waals surface area contributed by atoms with Gasteiger partial charge in [0.2, 0.25) is 0 Å². The van der Waals surface area contributed by atoms with Gasteiger partial charge in [-0.2, -0.15) is 0 Å². The highest BCUT2D eigenvalue weighted by Gasteiger charge is 2.21. The predicted octanol–water partition coefficient (Wildman–Crippen LogP) is 2.80. The molecule has 1 aliphatic carbocycles. The molecule has 86 valence electrons. The van der Waals surface area contributed by atoms with Crippen LogP contribution in [0.1, 0.15) is 30.9 Å². The molecule has 1 aromatic rings. The zero-order valence-electron chi connectivity index (χ0n) is 9.96. The number of carbonyl (C=O) groups excluding carboxylic acids is 1. The third-order valence-corrected chi connectivity index (χ3v) is 2.65. The molecule has 0 saturated heterocycles. The van der Waals surface area contributed by atoms with E-state index >= 15 is 0 Å². The molecule has 3 heteroatoms. The summed E-state index contributed by atoms with van der Waals surface area (Å²) in [4.78, 5) is 11.0. The van der Waals surface area contributed by atoms with Gasteiger partial charge in [0.25, 0.3) is 0 Å². The molecular formula is C13H17NO2. The second-order valence-electron chi connectivity index (χ2n) is 4.45. The second-order valence-corrected chi connectivity index (χ2v) is 4.45. The van der Waals surface area contributed by atoms with Crippen molar-refractivity contribution in [1.29, 1.82) is 0 Å². The highest BCUT2D eigenvalue weighted by Crippen LogP contribution is 2.30. The molecule has 0 spiro atoms. The van der Waals surface area contributed by atoms with Crippen LogP contribution in [0.25, 0.3) is 0 Å². The molecule has 3 nitrogen and oxygen atoms in total. The molecule has 1 saturated carbocycles. The van der Waals surface area contributed by atoms with Crippen molar-refractivity contribution in [3.05, 3.63) is 23.3 Å². The Hall–Kier alpha value is -1.51. The average molecular weight is 219 g/mol. The maximum absolute atomic E-state index is 11.0. The first-order valence-corrected chi connectivity index (χ1v) is 5.62. The van der Waals surface area contributed by atoms with Crippen molar-refractivity contribution in [2.45, 2.75) is 39.7 Å². The van der Waals surface area contributed by atoms with Crippen molar-refractivity contribution in [3.63, 3.8) is 0 Å². The summed E-state index contributed by atoms with van der Waals surface area (Å²) in [6.07, 6.45) is 2.51. The van der Waals surface area contributed by atoms with Crippen LogP contribution in [0.4, 0.5) is 5.69 Å². The Morgan fingerprint density at radius 2 is 1.88 bits per heavy atom. The van der Waals surface area contributed by atoms with Gasteiger partial charge in [-0.05, 0) is 49.9 Å². The SMILES string of the molecule is CC(=O)Oc1c(C)cc(NC2CC2)cc1C. The van der Waals surface area contributed by atoms with Gasteiger partial charge in [-0.1, -0.05) is 0 Å². The molecular weight excluding hydrogens is 202 g/mol. The van der Waals surface area contributed by atoms with Crippen molar-refractivity contribution in [1.82, 2.24) is 0 Å². The van der Waals surface area contributed by atoms with Crippen LogP contribution in [0.15, 0.2) is 12.1 Å². The number of hydrogen-bond acceptors (Lipinski definition) is 3. The first kappa shape index (κ1) is 11.0. The van der Waals surface area contributed by atoms with E-state index in [1.165, 1.54) is 19.8 Å². The Bertz CT molecular complexity index is 399. The van der Waals surface area contributed by atoms with Crippen LogP contribution >= 0.6 is 0 Å². The number of rotatable bonds is 3. The number of carbonyl (C=O) groups is 1. The van der Waals surface area contributed by atoms with Crippen molar-refractivity contribution < 1.29 is 9.53 Å². The number of ether oxygens (including phenoxy) is 1. The van der Waals surface area contributed by atoms with Crippen LogP contribution in [-0.2, 0) is 4.79 Å². The van der Waals surface area contributed by atoms with E-state index in [4.69, 9.17) is 4.74 Å². The van der Waals surface area contributed by atoms with Gasteiger partial charge in [0.15, 0.2) is 0 Å². The zero-order valence-corrected chi connectivity index (χ0v) is 9.96. The highest BCUT2D eigenvalue weighted by atomic mass is 16.5. The lowest BCUT2D eigenvalue weighted by atomic mass is 10.1. The quantitative estimate of drug-likeness (QED) is 0.627. The number of anilines is 1. The minimum Gasteiger partial charge on any atom is -0.426 e. The summed E-state index contributed by atoms with van der Waals surface area (Å²) in [5, 5.41) is 3.44. The van der Waals surface area contributed by atoms with E-state index in [0.29, 0.717) is 11.8 Å². The summed E-state index contributed by atoms with van der Waals surface area (Å²) in [6, 6.07) is 4.70. The summed E-state index contributed by atoms with van der Waals surface area (Å²) in [5.74, 6) is 0.419. The van der Waals surface area contributed by atoms with Crippen LogP contribution < -0.4 is 10.1 Å². The lowest BCUT2D eigenvalue weighted by Gasteiger charge is -2.12. The molecule has 0 radical (unpaired) electrons. The van der Waals surface area contributed by atoms with Gasteiger partial charge in [0.05, 0.1) is 0 Å². The number of nitrogens with one attached hydrogen (secondary N) is 1. The van der Waals surface area contributed by atoms with E-state index in [0.717, 1.165) is 16.8 Å². The third-order valence-electron chi connectivity index (χ3n) is 2.65. The van der Waals surface area contributed by atoms with Gasteiger partial charge in [-0.3, -0.25) is 4.79 Å². The highest BCUT2D eigenvalue weighted by molar-refractivity contribution is 5.71. The summed E-state index contributed by atoms with van der Waals surface area (Å²) in [5.41, 5.74) is 3.12. The zero-order chi connectivity index (χ0) is 11.7. The van der Waals surface area contributed by atoms with Crippen molar-refractivity contribution in [2.24, 2.45) is 0 Å². The molecule has 0 aliphatic heterocycles. The smallest absolute Gasteiger partial charge is 0.308 e. The van der Waals surface area contributed by atoms with Crippen molar-refractivity contribution in [3.8, 4) is 5.75 Å². The lowest BCUT2D eigenvalue weighted by Crippen LogP contribution is -2.06. The lowest BCUT2D eigenvalue weighted by molar-refractivity contribution is -0.131. The van der Waals surface area contributed by atoms with Crippen LogP contribution in [0.3, 0.4) is 0 Å². The van der Waals surface area contributed by atoms with Crippen LogP contribution in [0.5, 0.6) is 5.75 Å². The van der Waals surface area contributed by atoms with Gasteiger partial charge >= 0.3 is 5.97 Å². The van der Waals surface area contributed by atoms with Gasteiger partial charge in [0, 0.05) is 18.7 Å². The van der Waals surface area contributed by atoms with Gasteiger partial charge in [-0.15, -0.1) is 0 Å². The molecule has 0 amide bonds. The average Bonchev–Trinajstić information content (AvgIpc) is 2.95. The minimum absolute atomic E-state index is 0.269. The summed E-state index contributed by atoms with van der Waals surface area (Å²) < 4.78 is 5.18. The summed E-state index contributed by atoms with van der Waals surface area (Å²) >= 11 is 0. The van der Waals surface area contributed by atoms with Crippen molar-refractivity contribution >= 4 is 11.7 Å². The Morgan fingerprint density at radius 1 is 1.31 bits per heavy atom. The first-order valence-electron chi connectivity index (χ1n) is 5.62. The molecule has 1 aliphatic rings. The van der Waals surface area contributed by atoms with Gasteiger partial charge in [0.1, 0.15) is 5.75 Å². The number of aryl methyl sites for hydroxylation is 2. The van der Waals surface area contributed by atoms with Crippen LogP contribution in [-0.4, -0.2) is 12.0 Å². The standard InChI is InChI=1S/C13H17NO2/c1-8-6-12(14-11-4-5-11)7-9(2)13(8)16-10(3)15/h6-7,11,14H,4-5H2,1-3H3.